The summed E-state index contributed by atoms with van der Waals surface area (Å²) in [5.41, 5.74) is 0.687. The molecule has 0 radical (unpaired) electrons. The second-order valence-corrected chi connectivity index (χ2v) is 9.51. The third-order valence-electron chi connectivity index (χ3n) is 6.08. The second kappa shape index (κ2) is 7.41. The van der Waals surface area contributed by atoms with Gasteiger partial charge in [0.25, 0.3) is 0 Å². The molecule has 3 fully saturated rings. The van der Waals surface area contributed by atoms with Crippen molar-refractivity contribution >= 4 is 21.7 Å². The standard InChI is InChI=1S/C19H27N3O4S/c23-18(22-12-2-11-19(22)9-1-10-19)20-15-3-5-17(6-4-15)27(24,25)21-16-7-13-26-14-8-16/h3-6,16,21H,1-2,7-14H2,(H,20,23). The minimum absolute atomic E-state index is 0.0704. The molecule has 3 aliphatic rings. The molecule has 2 heterocycles. The van der Waals surface area contributed by atoms with Crippen LogP contribution < -0.4 is 10.0 Å². The maximum absolute atomic E-state index is 12.6. The lowest BCUT2D eigenvalue weighted by molar-refractivity contribution is 0.0832. The Hall–Kier alpha value is -1.64. The van der Waals surface area contributed by atoms with E-state index >= 15 is 0 Å². The van der Waals surface area contributed by atoms with Crippen LogP contribution in [0.2, 0.25) is 0 Å². The van der Waals surface area contributed by atoms with Crippen molar-refractivity contribution in [2.75, 3.05) is 25.1 Å². The van der Waals surface area contributed by atoms with Gasteiger partial charge in [0, 0.05) is 37.0 Å². The van der Waals surface area contributed by atoms with E-state index in [4.69, 9.17) is 4.74 Å². The molecule has 148 valence electrons. The number of nitrogens with one attached hydrogen (secondary N) is 2. The van der Waals surface area contributed by atoms with E-state index in [9.17, 15) is 13.2 Å². The van der Waals surface area contributed by atoms with E-state index in [0.29, 0.717) is 31.7 Å². The predicted molar refractivity (Wildman–Crippen MR) is 102 cm³/mol. The van der Waals surface area contributed by atoms with E-state index in [1.54, 1.807) is 24.3 Å². The first kappa shape index (κ1) is 18.7. The number of likely N-dealkylation sites (tertiary alicyclic amines) is 1. The smallest absolute Gasteiger partial charge is 0.322 e. The predicted octanol–water partition coefficient (Wildman–Crippen LogP) is 2.69. The SMILES string of the molecule is O=C(Nc1ccc(S(=O)(=O)NC2CCOCC2)cc1)N1CCCC12CCC2. The van der Waals surface area contributed by atoms with Crippen molar-refractivity contribution in [3.05, 3.63) is 24.3 Å². The normalized spacial score (nSPS) is 22.6. The van der Waals surface area contributed by atoms with Crippen LogP contribution in [0.3, 0.4) is 0 Å². The maximum Gasteiger partial charge on any atom is 0.322 e. The highest BCUT2D eigenvalue weighted by Gasteiger charge is 2.47. The molecular weight excluding hydrogens is 366 g/mol. The molecule has 7 nitrogen and oxygen atoms in total. The lowest BCUT2D eigenvalue weighted by Gasteiger charge is -2.45. The highest BCUT2D eigenvalue weighted by atomic mass is 32.2. The topological polar surface area (TPSA) is 87.7 Å². The summed E-state index contributed by atoms with van der Waals surface area (Å²) in [5, 5.41) is 2.92. The van der Waals surface area contributed by atoms with Gasteiger partial charge >= 0.3 is 6.03 Å². The Balaban J connectivity index is 1.39. The molecule has 2 N–H and O–H groups in total. The molecule has 1 aliphatic carbocycles. The van der Waals surface area contributed by atoms with Gasteiger partial charge < -0.3 is 15.0 Å². The van der Waals surface area contributed by atoms with Crippen molar-refractivity contribution in [1.29, 1.82) is 0 Å². The molecule has 0 atom stereocenters. The Morgan fingerprint density at radius 1 is 1.07 bits per heavy atom. The number of sulfonamides is 1. The van der Waals surface area contributed by atoms with E-state index in [1.807, 2.05) is 4.90 Å². The zero-order valence-electron chi connectivity index (χ0n) is 15.4. The van der Waals surface area contributed by atoms with E-state index in [0.717, 1.165) is 32.2 Å². The van der Waals surface area contributed by atoms with Crippen LogP contribution >= 0.6 is 0 Å². The number of carbonyl (C=O) groups excluding carboxylic acids is 1. The fraction of sp³-hybridized carbons (Fsp3) is 0.632. The number of rotatable bonds is 4. The molecule has 1 aromatic rings. The average Bonchev–Trinajstić information content (AvgIpc) is 3.08. The van der Waals surface area contributed by atoms with Gasteiger partial charge in [-0.05, 0) is 69.2 Å². The first-order valence-corrected chi connectivity index (χ1v) is 11.3. The minimum atomic E-state index is -3.56. The van der Waals surface area contributed by atoms with Crippen LogP contribution in [0.1, 0.15) is 44.9 Å². The van der Waals surface area contributed by atoms with Gasteiger partial charge in [-0.2, -0.15) is 0 Å². The molecule has 27 heavy (non-hydrogen) atoms. The fourth-order valence-corrected chi connectivity index (χ4v) is 5.68. The summed E-state index contributed by atoms with van der Waals surface area (Å²) in [7, 11) is -3.56. The highest BCUT2D eigenvalue weighted by Crippen LogP contribution is 2.45. The molecule has 2 saturated heterocycles. The summed E-state index contributed by atoms with van der Waals surface area (Å²) in [6, 6.07) is 6.22. The summed E-state index contributed by atoms with van der Waals surface area (Å²) in [4.78, 5) is 14.8. The van der Waals surface area contributed by atoms with Crippen molar-refractivity contribution in [3.63, 3.8) is 0 Å². The van der Waals surface area contributed by atoms with Crippen LogP contribution in [0, 0.1) is 0 Å². The van der Waals surface area contributed by atoms with Crippen LogP contribution in [0.25, 0.3) is 0 Å². The summed E-state index contributed by atoms with van der Waals surface area (Å²) < 4.78 is 33.1. The maximum atomic E-state index is 12.6. The van der Waals surface area contributed by atoms with Crippen LogP contribution in [0.15, 0.2) is 29.2 Å². The Labute approximate surface area is 160 Å². The van der Waals surface area contributed by atoms with Crippen LogP contribution in [0.5, 0.6) is 0 Å². The lowest BCUT2D eigenvalue weighted by atomic mass is 9.75. The van der Waals surface area contributed by atoms with E-state index < -0.39 is 10.0 Å². The number of hydrogen-bond acceptors (Lipinski definition) is 4. The number of carbonyl (C=O) groups is 1. The van der Waals surface area contributed by atoms with Crippen LogP contribution in [0.4, 0.5) is 10.5 Å². The van der Waals surface area contributed by atoms with Gasteiger partial charge in [-0.25, -0.2) is 17.9 Å². The fourth-order valence-electron chi connectivity index (χ4n) is 4.37. The number of amides is 2. The number of anilines is 1. The molecule has 8 heteroatoms. The average molecular weight is 394 g/mol. The van der Waals surface area contributed by atoms with E-state index in [-0.39, 0.29) is 22.5 Å². The number of nitrogens with zero attached hydrogens (tertiary/aromatic N) is 1. The summed E-state index contributed by atoms with van der Waals surface area (Å²) >= 11 is 0. The van der Waals surface area contributed by atoms with Crippen LogP contribution in [-0.2, 0) is 14.8 Å². The lowest BCUT2D eigenvalue weighted by Crippen LogP contribution is -2.53. The van der Waals surface area contributed by atoms with Gasteiger partial charge in [0.1, 0.15) is 0 Å². The Morgan fingerprint density at radius 3 is 2.37 bits per heavy atom. The largest absolute Gasteiger partial charge is 0.381 e. The Bertz CT molecular complexity index is 784. The molecule has 0 aromatic heterocycles. The third kappa shape index (κ3) is 3.83. The first-order valence-electron chi connectivity index (χ1n) is 9.77. The molecule has 0 bridgehead atoms. The molecule has 1 saturated carbocycles. The molecule has 2 amide bonds. The van der Waals surface area contributed by atoms with Crippen molar-refractivity contribution in [2.45, 2.75) is 61.4 Å². The first-order chi connectivity index (χ1) is 13.0. The second-order valence-electron chi connectivity index (χ2n) is 7.80. The molecule has 1 aromatic carbocycles. The summed E-state index contributed by atoms with van der Waals surface area (Å²) in [5.74, 6) is 0. The number of ether oxygens (including phenoxy) is 1. The van der Waals surface area contributed by atoms with Gasteiger partial charge in [0.15, 0.2) is 0 Å². The Kier molecular flexibility index (Phi) is 5.13. The number of hydrogen-bond donors (Lipinski definition) is 2. The quantitative estimate of drug-likeness (QED) is 0.823. The van der Waals surface area contributed by atoms with Gasteiger partial charge in [-0.3, -0.25) is 0 Å². The van der Waals surface area contributed by atoms with Crippen molar-refractivity contribution in [2.24, 2.45) is 0 Å². The summed E-state index contributed by atoms with van der Waals surface area (Å²) in [6.07, 6.45) is 6.90. The summed E-state index contributed by atoms with van der Waals surface area (Å²) in [6.45, 7) is 1.96. The minimum Gasteiger partial charge on any atom is -0.381 e. The van der Waals surface area contributed by atoms with Gasteiger partial charge in [-0.1, -0.05) is 0 Å². The van der Waals surface area contributed by atoms with Crippen molar-refractivity contribution in [1.82, 2.24) is 9.62 Å². The molecule has 0 unspecified atom stereocenters. The van der Waals surface area contributed by atoms with Crippen LogP contribution in [-0.4, -0.2) is 50.7 Å². The zero-order chi connectivity index (χ0) is 18.9. The number of urea groups is 1. The molecule has 4 rings (SSSR count). The van der Waals surface area contributed by atoms with Gasteiger partial charge in [-0.15, -0.1) is 0 Å². The highest BCUT2D eigenvalue weighted by molar-refractivity contribution is 7.89. The number of benzene rings is 1. The van der Waals surface area contributed by atoms with Crippen molar-refractivity contribution < 1.29 is 17.9 Å². The monoisotopic (exact) mass is 393 g/mol. The van der Waals surface area contributed by atoms with Crippen molar-refractivity contribution in [3.8, 4) is 0 Å². The Morgan fingerprint density at radius 2 is 1.74 bits per heavy atom. The molecule has 1 spiro atoms. The molecule has 2 aliphatic heterocycles. The van der Waals surface area contributed by atoms with Gasteiger partial charge in [0.05, 0.1) is 4.90 Å². The van der Waals surface area contributed by atoms with Gasteiger partial charge in [0.2, 0.25) is 10.0 Å². The van der Waals surface area contributed by atoms with E-state index in [2.05, 4.69) is 10.0 Å². The van der Waals surface area contributed by atoms with E-state index in [1.165, 1.54) is 6.42 Å². The molecular formula is C19H27N3O4S. The zero-order valence-corrected chi connectivity index (χ0v) is 16.3. The third-order valence-corrected chi connectivity index (χ3v) is 7.62.